The van der Waals surface area contributed by atoms with Crippen molar-refractivity contribution >= 4 is 22.5 Å². The standard InChI is InChI=1S/C11H11ClN2/c1-7(13)9-4-8-5-10(12)2-3-11(8)14-6-9/h2-7H,13H2,1H3. The first-order chi connectivity index (χ1) is 6.66. The van der Waals surface area contributed by atoms with Crippen LogP contribution in [0.3, 0.4) is 0 Å². The van der Waals surface area contributed by atoms with Gasteiger partial charge in [-0.15, -0.1) is 0 Å². The highest BCUT2D eigenvalue weighted by Gasteiger charge is 2.02. The zero-order valence-corrected chi connectivity index (χ0v) is 8.62. The highest BCUT2D eigenvalue weighted by atomic mass is 35.5. The smallest absolute Gasteiger partial charge is 0.0703 e. The van der Waals surface area contributed by atoms with Crippen molar-refractivity contribution in [2.75, 3.05) is 0 Å². The van der Waals surface area contributed by atoms with Gasteiger partial charge in [0.05, 0.1) is 5.52 Å². The van der Waals surface area contributed by atoms with Crippen LogP contribution < -0.4 is 5.73 Å². The number of aromatic nitrogens is 1. The second-order valence-electron chi connectivity index (χ2n) is 3.39. The van der Waals surface area contributed by atoms with Gasteiger partial charge in [-0.3, -0.25) is 4.98 Å². The van der Waals surface area contributed by atoms with E-state index in [-0.39, 0.29) is 6.04 Å². The van der Waals surface area contributed by atoms with Crippen molar-refractivity contribution in [2.45, 2.75) is 13.0 Å². The fourth-order valence-corrected chi connectivity index (χ4v) is 1.55. The number of pyridine rings is 1. The van der Waals surface area contributed by atoms with E-state index >= 15 is 0 Å². The minimum atomic E-state index is 0.00545. The van der Waals surface area contributed by atoms with Crippen molar-refractivity contribution in [2.24, 2.45) is 5.73 Å². The summed E-state index contributed by atoms with van der Waals surface area (Å²) in [5.74, 6) is 0. The number of fused-ring (bicyclic) bond motifs is 1. The Morgan fingerprint density at radius 2 is 2.14 bits per heavy atom. The van der Waals surface area contributed by atoms with Crippen molar-refractivity contribution < 1.29 is 0 Å². The Kier molecular flexibility index (Phi) is 2.40. The minimum Gasteiger partial charge on any atom is -0.324 e. The molecule has 1 atom stereocenters. The van der Waals surface area contributed by atoms with Gasteiger partial charge in [0, 0.05) is 22.6 Å². The summed E-state index contributed by atoms with van der Waals surface area (Å²) in [7, 11) is 0. The summed E-state index contributed by atoms with van der Waals surface area (Å²) in [6, 6.07) is 7.67. The lowest BCUT2D eigenvalue weighted by Gasteiger charge is -2.06. The van der Waals surface area contributed by atoms with Crippen molar-refractivity contribution in [3.8, 4) is 0 Å². The maximum Gasteiger partial charge on any atom is 0.0703 e. The van der Waals surface area contributed by atoms with Gasteiger partial charge >= 0.3 is 0 Å². The largest absolute Gasteiger partial charge is 0.324 e. The summed E-state index contributed by atoms with van der Waals surface area (Å²) in [6.07, 6.45) is 1.81. The van der Waals surface area contributed by atoms with E-state index in [1.165, 1.54) is 0 Å². The number of hydrogen-bond acceptors (Lipinski definition) is 2. The maximum absolute atomic E-state index is 5.89. The van der Waals surface area contributed by atoms with Gasteiger partial charge in [0.1, 0.15) is 0 Å². The van der Waals surface area contributed by atoms with Gasteiger partial charge in [-0.05, 0) is 36.8 Å². The van der Waals surface area contributed by atoms with E-state index in [0.29, 0.717) is 0 Å². The first-order valence-corrected chi connectivity index (χ1v) is 4.85. The van der Waals surface area contributed by atoms with Crippen LogP contribution in [-0.4, -0.2) is 4.98 Å². The first-order valence-electron chi connectivity index (χ1n) is 4.47. The molecule has 0 fully saturated rings. The topological polar surface area (TPSA) is 38.9 Å². The first kappa shape index (κ1) is 9.44. The Labute approximate surface area is 87.7 Å². The highest BCUT2D eigenvalue weighted by molar-refractivity contribution is 6.31. The van der Waals surface area contributed by atoms with Crippen LogP contribution in [0, 0.1) is 0 Å². The summed E-state index contributed by atoms with van der Waals surface area (Å²) in [5.41, 5.74) is 7.74. The van der Waals surface area contributed by atoms with Gasteiger partial charge in [-0.25, -0.2) is 0 Å². The van der Waals surface area contributed by atoms with Crippen LogP contribution in [0.2, 0.25) is 5.02 Å². The van der Waals surface area contributed by atoms with Crippen LogP contribution in [-0.2, 0) is 0 Å². The zero-order chi connectivity index (χ0) is 10.1. The molecule has 1 aromatic heterocycles. The Balaban J connectivity index is 2.63. The molecule has 0 amide bonds. The van der Waals surface area contributed by atoms with E-state index in [4.69, 9.17) is 17.3 Å². The molecule has 2 aromatic rings. The molecule has 0 saturated carbocycles. The molecule has 2 rings (SSSR count). The van der Waals surface area contributed by atoms with Crippen molar-refractivity contribution in [3.05, 3.63) is 41.0 Å². The van der Waals surface area contributed by atoms with E-state index < -0.39 is 0 Å². The summed E-state index contributed by atoms with van der Waals surface area (Å²) in [6.45, 7) is 1.94. The molecule has 72 valence electrons. The molecule has 1 aromatic carbocycles. The molecule has 2 N–H and O–H groups in total. The quantitative estimate of drug-likeness (QED) is 0.779. The normalized spacial score (nSPS) is 13.1. The lowest BCUT2D eigenvalue weighted by molar-refractivity contribution is 0.814. The van der Waals surface area contributed by atoms with Gasteiger partial charge < -0.3 is 5.73 Å². The average molecular weight is 207 g/mol. The van der Waals surface area contributed by atoms with Crippen LogP contribution in [0.5, 0.6) is 0 Å². The van der Waals surface area contributed by atoms with E-state index in [2.05, 4.69) is 4.98 Å². The van der Waals surface area contributed by atoms with Crippen LogP contribution in [0.4, 0.5) is 0 Å². The van der Waals surface area contributed by atoms with Gasteiger partial charge in [0.2, 0.25) is 0 Å². The van der Waals surface area contributed by atoms with Crippen molar-refractivity contribution in [3.63, 3.8) is 0 Å². The lowest BCUT2D eigenvalue weighted by Crippen LogP contribution is -2.05. The molecule has 3 heteroatoms. The molecule has 0 aliphatic heterocycles. The van der Waals surface area contributed by atoms with Crippen molar-refractivity contribution in [1.82, 2.24) is 4.98 Å². The fraction of sp³-hybridized carbons (Fsp3) is 0.182. The number of hydrogen-bond donors (Lipinski definition) is 1. The summed E-state index contributed by atoms with van der Waals surface area (Å²) in [5, 5.41) is 1.76. The third-order valence-electron chi connectivity index (χ3n) is 2.19. The SMILES string of the molecule is CC(N)c1cnc2ccc(Cl)cc2c1. The number of nitrogens with zero attached hydrogens (tertiary/aromatic N) is 1. The summed E-state index contributed by atoms with van der Waals surface area (Å²) >= 11 is 5.89. The molecule has 2 nitrogen and oxygen atoms in total. The summed E-state index contributed by atoms with van der Waals surface area (Å²) < 4.78 is 0. The highest BCUT2D eigenvalue weighted by Crippen LogP contribution is 2.20. The molecular formula is C11H11ClN2. The predicted molar refractivity (Wildman–Crippen MR) is 59.4 cm³/mol. The van der Waals surface area contributed by atoms with Gasteiger partial charge in [-0.1, -0.05) is 11.6 Å². The number of rotatable bonds is 1. The second kappa shape index (κ2) is 3.56. The fourth-order valence-electron chi connectivity index (χ4n) is 1.37. The Bertz CT molecular complexity index is 466. The number of benzene rings is 1. The van der Waals surface area contributed by atoms with E-state index in [9.17, 15) is 0 Å². The lowest BCUT2D eigenvalue weighted by atomic mass is 10.1. The summed E-state index contributed by atoms with van der Waals surface area (Å²) in [4.78, 5) is 4.30. The molecule has 14 heavy (non-hydrogen) atoms. The minimum absolute atomic E-state index is 0.00545. The van der Waals surface area contributed by atoms with Crippen LogP contribution >= 0.6 is 11.6 Å². The molecule has 0 spiro atoms. The third-order valence-corrected chi connectivity index (χ3v) is 2.43. The van der Waals surface area contributed by atoms with Gasteiger partial charge in [-0.2, -0.15) is 0 Å². The molecule has 1 heterocycles. The van der Waals surface area contributed by atoms with E-state index in [0.717, 1.165) is 21.5 Å². The van der Waals surface area contributed by atoms with E-state index in [1.807, 2.05) is 31.2 Å². The van der Waals surface area contributed by atoms with Crippen LogP contribution in [0.15, 0.2) is 30.5 Å². The molecule has 0 radical (unpaired) electrons. The van der Waals surface area contributed by atoms with Crippen molar-refractivity contribution in [1.29, 1.82) is 0 Å². The number of halogens is 1. The Morgan fingerprint density at radius 1 is 1.36 bits per heavy atom. The average Bonchev–Trinajstić information content (AvgIpc) is 2.16. The van der Waals surface area contributed by atoms with E-state index in [1.54, 1.807) is 6.20 Å². The Morgan fingerprint density at radius 3 is 2.86 bits per heavy atom. The Hall–Kier alpha value is -1.12. The van der Waals surface area contributed by atoms with Gasteiger partial charge in [0.15, 0.2) is 0 Å². The van der Waals surface area contributed by atoms with Crippen LogP contribution in [0.1, 0.15) is 18.5 Å². The molecule has 0 saturated heterocycles. The molecule has 0 bridgehead atoms. The maximum atomic E-state index is 5.89. The monoisotopic (exact) mass is 206 g/mol. The molecular weight excluding hydrogens is 196 g/mol. The zero-order valence-electron chi connectivity index (χ0n) is 7.87. The molecule has 1 unspecified atom stereocenters. The molecule has 0 aliphatic rings. The second-order valence-corrected chi connectivity index (χ2v) is 3.83. The van der Waals surface area contributed by atoms with Gasteiger partial charge in [0.25, 0.3) is 0 Å². The predicted octanol–water partition coefficient (Wildman–Crippen LogP) is 2.91. The molecule has 0 aliphatic carbocycles. The number of nitrogens with two attached hydrogens (primary N) is 1. The van der Waals surface area contributed by atoms with Crippen LogP contribution in [0.25, 0.3) is 10.9 Å². The third kappa shape index (κ3) is 1.72.